The molecule has 1 amide bonds. The Labute approximate surface area is 149 Å². The van der Waals surface area contributed by atoms with Gasteiger partial charge in [0.15, 0.2) is 0 Å². The van der Waals surface area contributed by atoms with Crippen LogP contribution in [0.15, 0.2) is 24.3 Å². The minimum absolute atomic E-state index is 0.129. The van der Waals surface area contributed by atoms with E-state index in [-0.39, 0.29) is 18.2 Å². The van der Waals surface area contributed by atoms with Crippen LogP contribution in [0, 0.1) is 16.7 Å². The van der Waals surface area contributed by atoms with Gasteiger partial charge in [0.05, 0.1) is 23.6 Å². The van der Waals surface area contributed by atoms with Crippen molar-refractivity contribution < 1.29 is 9.53 Å². The second-order valence-corrected chi connectivity index (χ2v) is 8.32. The lowest BCUT2D eigenvalue weighted by atomic mass is 9.84. The summed E-state index contributed by atoms with van der Waals surface area (Å²) in [5.74, 6) is 0. The number of likely N-dealkylation sites (tertiary alicyclic amines) is 1. The van der Waals surface area contributed by atoms with Gasteiger partial charge in [-0.25, -0.2) is 4.79 Å². The van der Waals surface area contributed by atoms with Crippen molar-refractivity contribution >= 4 is 17.7 Å². The Hall–Kier alpha value is -1.73. The first-order chi connectivity index (χ1) is 11.0. The molecule has 130 valence electrons. The maximum Gasteiger partial charge on any atom is 0.411 e. The third-order valence-corrected chi connectivity index (χ3v) is 4.58. The molecule has 1 aromatic rings. The number of nitrogens with zero attached hydrogens (tertiary/aromatic N) is 2. The van der Waals surface area contributed by atoms with Gasteiger partial charge in [-0.2, -0.15) is 5.26 Å². The fourth-order valence-corrected chi connectivity index (χ4v) is 3.40. The summed E-state index contributed by atoms with van der Waals surface area (Å²) in [5.41, 5.74) is -0.256. The molecule has 2 rings (SSSR count). The van der Waals surface area contributed by atoms with Gasteiger partial charge < -0.3 is 4.74 Å². The van der Waals surface area contributed by atoms with E-state index in [1.807, 2.05) is 58.9 Å². The molecule has 0 saturated carbocycles. The Bertz CT molecular complexity index is 658. The first-order valence-electron chi connectivity index (χ1n) is 8.23. The molecule has 1 aliphatic heterocycles. The molecule has 1 aromatic carbocycles. The molecule has 0 radical (unpaired) electrons. The van der Waals surface area contributed by atoms with Crippen molar-refractivity contribution in [1.29, 1.82) is 5.26 Å². The van der Waals surface area contributed by atoms with Gasteiger partial charge in [-0.1, -0.05) is 23.7 Å². The van der Waals surface area contributed by atoms with Crippen LogP contribution in [0.1, 0.15) is 59.1 Å². The number of nitriles is 1. The van der Waals surface area contributed by atoms with Crippen LogP contribution >= 0.6 is 11.6 Å². The van der Waals surface area contributed by atoms with Gasteiger partial charge in [0.1, 0.15) is 5.60 Å². The summed E-state index contributed by atoms with van der Waals surface area (Å²) >= 11 is 6.12. The summed E-state index contributed by atoms with van der Waals surface area (Å²) in [6.07, 6.45) is 1.17. The molecule has 0 aromatic heterocycles. The summed E-state index contributed by atoms with van der Waals surface area (Å²) in [4.78, 5) is 14.6. The smallest absolute Gasteiger partial charge is 0.411 e. The van der Waals surface area contributed by atoms with E-state index in [2.05, 4.69) is 6.07 Å². The Morgan fingerprint density at radius 1 is 1.29 bits per heavy atom. The standard InChI is InChI=1S/C19H25ClN2O2/c1-18(2,3)24-17(23)22-15(13-7-6-8-14(20)11-13)9-10-16(22)19(4,5)12-21/h6-8,11,15-16H,9-10H2,1-5H3/t15-,16+/m0/s1. The van der Waals surface area contributed by atoms with Gasteiger partial charge in [-0.3, -0.25) is 4.90 Å². The number of hydrogen-bond acceptors (Lipinski definition) is 3. The highest BCUT2D eigenvalue weighted by Crippen LogP contribution is 2.44. The monoisotopic (exact) mass is 348 g/mol. The summed E-state index contributed by atoms with van der Waals surface area (Å²) in [5, 5.41) is 10.2. The van der Waals surface area contributed by atoms with E-state index in [9.17, 15) is 10.1 Å². The predicted octanol–water partition coefficient (Wildman–Crippen LogP) is 5.33. The molecule has 0 spiro atoms. The molecular weight excluding hydrogens is 324 g/mol. The average Bonchev–Trinajstić information content (AvgIpc) is 2.91. The average molecular weight is 349 g/mol. The van der Waals surface area contributed by atoms with Crippen LogP contribution in [-0.4, -0.2) is 22.6 Å². The number of hydrogen-bond donors (Lipinski definition) is 0. The van der Waals surface area contributed by atoms with E-state index < -0.39 is 11.0 Å². The second kappa shape index (κ2) is 6.64. The Kier molecular flexibility index (Phi) is 5.15. The molecule has 1 heterocycles. The Balaban J connectivity index is 2.40. The van der Waals surface area contributed by atoms with Crippen molar-refractivity contribution in [3.05, 3.63) is 34.9 Å². The molecule has 4 nitrogen and oxygen atoms in total. The Morgan fingerprint density at radius 2 is 1.96 bits per heavy atom. The minimum atomic E-state index is -0.649. The van der Waals surface area contributed by atoms with Gasteiger partial charge in [-0.15, -0.1) is 0 Å². The van der Waals surface area contributed by atoms with Gasteiger partial charge in [0.25, 0.3) is 0 Å². The van der Waals surface area contributed by atoms with E-state index >= 15 is 0 Å². The highest BCUT2D eigenvalue weighted by Gasteiger charge is 2.47. The van der Waals surface area contributed by atoms with Crippen LogP contribution < -0.4 is 0 Å². The van der Waals surface area contributed by atoms with Crippen molar-refractivity contribution in [3.63, 3.8) is 0 Å². The SMILES string of the molecule is CC(C)(C)OC(=O)N1[C@H](c2cccc(Cl)c2)CC[C@@H]1C(C)(C)C#N. The summed E-state index contributed by atoms with van der Waals surface area (Å²) in [6.45, 7) is 9.28. The zero-order chi connectivity index (χ0) is 18.1. The highest BCUT2D eigenvalue weighted by atomic mass is 35.5. The first-order valence-corrected chi connectivity index (χ1v) is 8.61. The lowest BCUT2D eigenvalue weighted by Gasteiger charge is -2.37. The van der Waals surface area contributed by atoms with Gasteiger partial charge in [0.2, 0.25) is 0 Å². The third-order valence-electron chi connectivity index (χ3n) is 4.34. The molecular formula is C19H25ClN2O2. The maximum absolute atomic E-state index is 12.9. The predicted molar refractivity (Wildman–Crippen MR) is 94.7 cm³/mol. The topological polar surface area (TPSA) is 53.3 Å². The summed E-state index contributed by atoms with van der Waals surface area (Å²) in [6, 6.07) is 9.56. The maximum atomic E-state index is 12.9. The van der Waals surface area contributed by atoms with Crippen LogP contribution in [0.2, 0.25) is 5.02 Å². The van der Waals surface area contributed by atoms with Crippen LogP contribution in [0.5, 0.6) is 0 Å². The zero-order valence-electron chi connectivity index (χ0n) is 15.0. The number of halogens is 1. The van der Waals surface area contributed by atoms with Gasteiger partial charge >= 0.3 is 6.09 Å². The molecule has 5 heteroatoms. The number of carbonyl (C=O) groups excluding carboxylic acids is 1. The number of ether oxygens (including phenoxy) is 1. The molecule has 0 N–H and O–H groups in total. The number of rotatable bonds is 2. The third kappa shape index (κ3) is 4.02. The van der Waals surface area contributed by atoms with Crippen molar-refractivity contribution in [3.8, 4) is 6.07 Å². The van der Waals surface area contributed by atoms with E-state index in [1.54, 1.807) is 4.90 Å². The van der Waals surface area contributed by atoms with Crippen LogP contribution in [0.4, 0.5) is 4.79 Å². The molecule has 1 aliphatic rings. The Morgan fingerprint density at radius 3 is 2.50 bits per heavy atom. The van der Waals surface area contributed by atoms with Crippen LogP contribution in [0.3, 0.4) is 0 Å². The van der Waals surface area contributed by atoms with Crippen molar-refractivity contribution in [2.75, 3.05) is 0 Å². The molecule has 24 heavy (non-hydrogen) atoms. The van der Waals surface area contributed by atoms with Crippen molar-refractivity contribution in [1.82, 2.24) is 4.90 Å². The highest BCUT2D eigenvalue weighted by molar-refractivity contribution is 6.30. The van der Waals surface area contributed by atoms with E-state index in [0.29, 0.717) is 5.02 Å². The molecule has 0 aliphatic carbocycles. The lowest BCUT2D eigenvalue weighted by molar-refractivity contribution is 0.00585. The summed E-state index contributed by atoms with van der Waals surface area (Å²) in [7, 11) is 0. The molecule has 1 fully saturated rings. The molecule has 0 unspecified atom stereocenters. The van der Waals surface area contributed by atoms with E-state index in [0.717, 1.165) is 18.4 Å². The fraction of sp³-hybridized carbons (Fsp3) is 0.579. The van der Waals surface area contributed by atoms with Crippen LogP contribution in [-0.2, 0) is 4.74 Å². The van der Waals surface area contributed by atoms with Gasteiger partial charge in [-0.05, 0) is 65.2 Å². The van der Waals surface area contributed by atoms with Crippen molar-refractivity contribution in [2.24, 2.45) is 5.41 Å². The zero-order valence-corrected chi connectivity index (χ0v) is 15.7. The van der Waals surface area contributed by atoms with Gasteiger partial charge in [0, 0.05) is 5.02 Å². The van der Waals surface area contributed by atoms with Crippen molar-refractivity contribution in [2.45, 2.75) is 65.1 Å². The first kappa shape index (κ1) is 18.6. The number of benzene rings is 1. The molecule has 1 saturated heterocycles. The molecule has 0 bridgehead atoms. The lowest BCUT2D eigenvalue weighted by Crippen LogP contribution is -2.46. The van der Waals surface area contributed by atoms with Crippen LogP contribution in [0.25, 0.3) is 0 Å². The largest absolute Gasteiger partial charge is 0.444 e. The van der Waals surface area contributed by atoms with E-state index in [1.165, 1.54) is 0 Å². The molecule has 2 atom stereocenters. The van der Waals surface area contributed by atoms with E-state index in [4.69, 9.17) is 16.3 Å². The second-order valence-electron chi connectivity index (χ2n) is 7.89. The number of carbonyl (C=O) groups is 1. The quantitative estimate of drug-likeness (QED) is 0.725. The fourth-order valence-electron chi connectivity index (χ4n) is 3.20. The normalized spacial score (nSPS) is 21.5. The summed E-state index contributed by atoms with van der Waals surface area (Å²) < 4.78 is 5.62. The number of amides is 1. The minimum Gasteiger partial charge on any atom is -0.444 e.